The second-order valence-corrected chi connectivity index (χ2v) is 10.0. The fraction of sp³-hybridized carbons (Fsp3) is 0.0833. The highest BCUT2D eigenvalue weighted by molar-refractivity contribution is 7.90. The van der Waals surface area contributed by atoms with Gasteiger partial charge in [0.1, 0.15) is 0 Å². The number of nitro benzene ring substituents is 1. The van der Waals surface area contributed by atoms with Crippen LogP contribution in [-0.4, -0.2) is 28.9 Å². The number of aromatic nitrogens is 1. The molecule has 35 heavy (non-hydrogen) atoms. The number of hydrogen-bond acceptors (Lipinski definition) is 6. The van der Waals surface area contributed by atoms with Crippen molar-refractivity contribution >= 4 is 49.8 Å². The summed E-state index contributed by atoms with van der Waals surface area (Å²) in [7, 11) is -4.17. The minimum atomic E-state index is -4.17. The second kappa shape index (κ2) is 9.32. The highest BCUT2D eigenvalue weighted by Gasteiger charge is 2.24. The Hall–Kier alpha value is -4.02. The standard InChI is InChI=1S/C24H19ClN4O5S/c1-15-9-10-21-22(16(2)26-27-24(30)17-5-3-6-18(25)12-17)14-28(23(21)11-15)35(33,34)20-8-4-7-19(13-20)29(31)32/h3-14H,1-2H3,(H,27,30)/b26-16+. The molecule has 1 aromatic heterocycles. The predicted octanol–water partition coefficient (Wildman–Crippen LogP) is 4.90. The molecule has 4 aromatic rings. The summed E-state index contributed by atoms with van der Waals surface area (Å²) in [6, 6.07) is 16.5. The van der Waals surface area contributed by atoms with E-state index in [4.69, 9.17) is 11.6 Å². The Morgan fingerprint density at radius 1 is 1.09 bits per heavy atom. The Morgan fingerprint density at radius 3 is 2.54 bits per heavy atom. The van der Waals surface area contributed by atoms with Crippen LogP contribution in [0.25, 0.3) is 10.9 Å². The van der Waals surface area contributed by atoms with E-state index in [1.165, 1.54) is 30.5 Å². The number of hydrazone groups is 1. The van der Waals surface area contributed by atoms with Crippen molar-refractivity contribution in [3.05, 3.63) is 105 Å². The van der Waals surface area contributed by atoms with Crippen molar-refractivity contribution < 1.29 is 18.1 Å². The number of carbonyl (C=O) groups is 1. The average molecular weight is 511 g/mol. The van der Waals surface area contributed by atoms with Gasteiger partial charge in [-0.05, 0) is 49.7 Å². The van der Waals surface area contributed by atoms with E-state index >= 15 is 0 Å². The molecule has 0 aliphatic rings. The molecule has 1 heterocycles. The number of nitro groups is 1. The Balaban J connectivity index is 1.78. The van der Waals surface area contributed by atoms with Crippen LogP contribution in [0.5, 0.6) is 0 Å². The van der Waals surface area contributed by atoms with E-state index in [0.717, 1.165) is 15.6 Å². The normalized spacial score (nSPS) is 12.0. The van der Waals surface area contributed by atoms with Crippen LogP contribution < -0.4 is 5.43 Å². The van der Waals surface area contributed by atoms with Crippen LogP contribution in [0.3, 0.4) is 0 Å². The molecule has 1 N–H and O–H groups in total. The average Bonchev–Trinajstić information content (AvgIpc) is 3.22. The van der Waals surface area contributed by atoms with E-state index < -0.39 is 20.9 Å². The Kier molecular flexibility index (Phi) is 6.42. The number of nitrogens with one attached hydrogen (secondary N) is 1. The quantitative estimate of drug-likeness (QED) is 0.224. The molecule has 1 amide bonds. The molecule has 4 rings (SSSR count). The molecule has 11 heteroatoms. The lowest BCUT2D eigenvalue weighted by Crippen LogP contribution is -2.19. The third-order valence-corrected chi connectivity index (χ3v) is 7.22. The summed E-state index contributed by atoms with van der Waals surface area (Å²) in [4.78, 5) is 22.7. The molecule has 0 aliphatic heterocycles. The van der Waals surface area contributed by atoms with E-state index in [1.54, 1.807) is 37.3 Å². The maximum atomic E-state index is 13.5. The molecule has 0 bridgehead atoms. The first kappa shape index (κ1) is 24.1. The SMILES string of the molecule is C/C(=N\NC(=O)c1cccc(Cl)c1)c1cn(S(=O)(=O)c2cccc([N+](=O)[O-])c2)c2cc(C)ccc12. The molecule has 178 valence electrons. The summed E-state index contributed by atoms with van der Waals surface area (Å²) >= 11 is 5.94. The van der Waals surface area contributed by atoms with Gasteiger partial charge in [-0.3, -0.25) is 14.9 Å². The van der Waals surface area contributed by atoms with E-state index in [-0.39, 0.29) is 10.6 Å². The molecule has 0 unspecified atom stereocenters. The van der Waals surface area contributed by atoms with Crippen LogP contribution in [0.15, 0.2) is 82.9 Å². The molecule has 3 aromatic carbocycles. The zero-order chi connectivity index (χ0) is 25.3. The lowest BCUT2D eigenvalue weighted by atomic mass is 10.1. The van der Waals surface area contributed by atoms with Gasteiger partial charge in [0.15, 0.2) is 0 Å². The minimum Gasteiger partial charge on any atom is -0.267 e. The van der Waals surface area contributed by atoms with Crippen LogP contribution in [0.4, 0.5) is 5.69 Å². The van der Waals surface area contributed by atoms with Crippen molar-refractivity contribution in [3.63, 3.8) is 0 Å². The Bertz CT molecular complexity index is 1630. The molecule has 0 saturated carbocycles. The summed E-state index contributed by atoms with van der Waals surface area (Å²) in [5, 5.41) is 16.3. The fourth-order valence-corrected chi connectivity index (χ4v) is 5.15. The smallest absolute Gasteiger partial charge is 0.267 e. The van der Waals surface area contributed by atoms with Crippen LogP contribution in [0.2, 0.25) is 5.02 Å². The maximum absolute atomic E-state index is 13.5. The van der Waals surface area contributed by atoms with Gasteiger partial charge in [-0.1, -0.05) is 35.9 Å². The monoisotopic (exact) mass is 510 g/mol. The predicted molar refractivity (Wildman–Crippen MR) is 133 cm³/mol. The summed E-state index contributed by atoms with van der Waals surface area (Å²) in [5.41, 5.74) is 4.48. The van der Waals surface area contributed by atoms with Gasteiger partial charge in [0, 0.05) is 39.9 Å². The summed E-state index contributed by atoms with van der Waals surface area (Å²) < 4.78 is 28.0. The molecule has 0 aliphatic carbocycles. The van der Waals surface area contributed by atoms with Gasteiger partial charge in [0.2, 0.25) is 0 Å². The molecular formula is C24H19ClN4O5S. The molecule has 0 radical (unpaired) electrons. The van der Waals surface area contributed by atoms with Crippen LogP contribution in [0.1, 0.15) is 28.4 Å². The van der Waals surface area contributed by atoms with Gasteiger partial charge in [-0.15, -0.1) is 0 Å². The first-order valence-corrected chi connectivity index (χ1v) is 12.1. The van der Waals surface area contributed by atoms with Crippen LogP contribution in [0, 0.1) is 17.0 Å². The topological polar surface area (TPSA) is 124 Å². The summed E-state index contributed by atoms with van der Waals surface area (Å²) in [6.07, 6.45) is 1.39. The highest BCUT2D eigenvalue weighted by Crippen LogP contribution is 2.28. The minimum absolute atomic E-state index is 0.222. The van der Waals surface area contributed by atoms with E-state index in [0.29, 0.717) is 32.8 Å². The number of fused-ring (bicyclic) bond motifs is 1. The lowest BCUT2D eigenvalue weighted by molar-refractivity contribution is -0.385. The number of hydrogen-bond donors (Lipinski definition) is 1. The number of amides is 1. The molecule has 0 fully saturated rings. The zero-order valence-corrected chi connectivity index (χ0v) is 20.2. The lowest BCUT2D eigenvalue weighted by Gasteiger charge is -2.08. The number of nitrogens with zero attached hydrogens (tertiary/aromatic N) is 3. The number of aryl methyl sites for hydroxylation is 1. The van der Waals surface area contributed by atoms with Gasteiger partial charge >= 0.3 is 0 Å². The Morgan fingerprint density at radius 2 is 1.83 bits per heavy atom. The molecule has 0 saturated heterocycles. The van der Waals surface area contributed by atoms with Gasteiger partial charge in [-0.2, -0.15) is 5.10 Å². The number of halogens is 1. The summed E-state index contributed by atoms with van der Waals surface area (Å²) in [5.74, 6) is -0.476. The first-order valence-electron chi connectivity index (χ1n) is 10.3. The highest BCUT2D eigenvalue weighted by atomic mass is 35.5. The van der Waals surface area contributed by atoms with Crippen molar-refractivity contribution in [2.75, 3.05) is 0 Å². The third-order valence-electron chi connectivity index (χ3n) is 5.31. The number of carbonyl (C=O) groups excluding carboxylic acids is 1. The number of benzene rings is 3. The zero-order valence-electron chi connectivity index (χ0n) is 18.6. The van der Waals surface area contributed by atoms with Gasteiger partial charge in [-0.25, -0.2) is 17.8 Å². The van der Waals surface area contributed by atoms with Crippen molar-refractivity contribution in [1.82, 2.24) is 9.40 Å². The van der Waals surface area contributed by atoms with E-state index in [2.05, 4.69) is 10.5 Å². The molecular weight excluding hydrogens is 492 g/mol. The van der Waals surface area contributed by atoms with Gasteiger partial charge in [0.25, 0.3) is 21.6 Å². The maximum Gasteiger partial charge on any atom is 0.271 e. The van der Waals surface area contributed by atoms with Gasteiger partial charge in [0.05, 0.1) is 21.0 Å². The van der Waals surface area contributed by atoms with Crippen molar-refractivity contribution in [3.8, 4) is 0 Å². The number of non-ortho nitro benzene ring substituents is 1. The van der Waals surface area contributed by atoms with Crippen molar-refractivity contribution in [2.24, 2.45) is 5.10 Å². The number of rotatable bonds is 6. The summed E-state index contributed by atoms with van der Waals surface area (Å²) in [6.45, 7) is 3.46. The molecule has 0 spiro atoms. The molecule has 9 nitrogen and oxygen atoms in total. The first-order chi connectivity index (χ1) is 16.6. The van der Waals surface area contributed by atoms with Crippen molar-refractivity contribution in [1.29, 1.82) is 0 Å². The van der Waals surface area contributed by atoms with E-state index in [9.17, 15) is 23.3 Å². The largest absolute Gasteiger partial charge is 0.271 e. The fourth-order valence-electron chi connectivity index (χ4n) is 3.56. The van der Waals surface area contributed by atoms with Crippen LogP contribution in [-0.2, 0) is 10.0 Å². The third kappa shape index (κ3) is 4.79. The van der Waals surface area contributed by atoms with Crippen molar-refractivity contribution in [2.45, 2.75) is 18.7 Å². The van der Waals surface area contributed by atoms with E-state index in [1.807, 2.05) is 13.0 Å². The molecule has 0 atom stereocenters. The Labute approximate surface area is 205 Å². The van der Waals surface area contributed by atoms with Crippen LogP contribution >= 0.6 is 11.6 Å². The van der Waals surface area contributed by atoms with Gasteiger partial charge < -0.3 is 0 Å². The second-order valence-electron chi connectivity index (χ2n) is 7.77.